The molecule has 3 atom stereocenters. The molecule has 1 fully saturated rings. The monoisotopic (exact) mass is 381 g/mol. The van der Waals surface area contributed by atoms with Gasteiger partial charge in [0.2, 0.25) is 17.7 Å². The van der Waals surface area contributed by atoms with Crippen LogP contribution in [0.1, 0.15) is 47.0 Å². The maximum Gasteiger partial charge on any atom is 0.330 e. The third-order valence-electron chi connectivity index (χ3n) is 4.18. The molecule has 0 spiro atoms. The number of rotatable bonds is 10. The first-order chi connectivity index (χ1) is 12.7. The van der Waals surface area contributed by atoms with E-state index >= 15 is 0 Å². The smallest absolute Gasteiger partial charge is 0.330 e. The molecule has 0 aliphatic carbocycles. The van der Waals surface area contributed by atoms with E-state index in [0.29, 0.717) is 25.8 Å². The summed E-state index contributed by atoms with van der Waals surface area (Å²) in [6.45, 7) is 7.85. The lowest BCUT2D eigenvalue weighted by atomic mass is 9.97. The van der Waals surface area contributed by atoms with Gasteiger partial charge in [-0.15, -0.1) is 0 Å². The minimum atomic E-state index is -0.668. The zero-order chi connectivity index (χ0) is 20.4. The Morgan fingerprint density at radius 3 is 2.52 bits per heavy atom. The summed E-state index contributed by atoms with van der Waals surface area (Å²) >= 11 is 0. The zero-order valence-electron chi connectivity index (χ0n) is 16.5. The fourth-order valence-electron chi connectivity index (χ4n) is 2.98. The number of ether oxygens (including phenoxy) is 1. The summed E-state index contributed by atoms with van der Waals surface area (Å²) < 4.78 is 4.87. The van der Waals surface area contributed by atoms with Gasteiger partial charge in [-0.05, 0) is 32.1 Å². The van der Waals surface area contributed by atoms with Gasteiger partial charge in [-0.25, -0.2) is 4.79 Å². The van der Waals surface area contributed by atoms with Crippen molar-refractivity contribution in [1.29, 1.82) is 0 Å². The highest BCUT2D eigenvalue weighted by atomic mass is 16.5. The number of hydrogen-bond donors (Lipinski definition) is 3. The van der Waals surface area contributed by atoms with Crippen LogP contribution < -0.4 is 16.0 Å². The average molecular weight is 381 g/mol. The van der Waals surface area contributed by atoms with Gasteiger partial charge in [0.25, 0.3) is 0 Å². The van der Waals surface area contributed by atoms with Crippen LogP contribution in [0.2, 0.25) is 0 Å². The number of carbonyl (C=O) groups is 4. The van der Waals surface area contributed by atoms with Crippen molar-refractivity contribution in [2.45, 2.75) is 59.0 Å². The normalized spacial score (nSPS) is 18.9. The van der Waals surface area contributed by atoms with E-state index in [9.17, 15) is 19.2 Å². The topological polar surface area (TPSA) is 114 Å². The molecule has 0 aromatic heterocycles. The molecule has 1 aliphatic heterocycles. The predicted molar refractivity (Wildman–Crippen MR) is 100 cm³/mol. The van der Waals surface area contributed by atoms with Gasteiger partial charge in [-0.1, -0.05) is 19.9 Å². The van der Waals surface area contributed by atoms with Gasteiger partial charge in [0.05, 0.1) is 6.61 Å². The van der Waals surface area contributed by atoms with E-state index < -0.39 is 18.1 Å². The summed E-state index contributed by atoms with van der Waals surface area (Å²) in [5, 5.41) is 8.27. The van der Waals surface area contributed by atoms with Crippen LogP contribution in [0, 0.1) is 11.8 Å². The van der Waals surface area contributed by atoms with Gasteiger partial charge in [-0.2, -0.15) is 0 Å². The van der Waals surface area contributed by atoms with E-state index in [1.165, 1.54) is 13.0 Å². The fraction of sp³-hybridized carbons (Fsp3) is 0.684. The Balaban J connectivity index is 2.85. The molecule has 1 aliphatic rings. The van der Waals surface area contributed by atoms with Crippen molar-refractivity contribution in [3.63, 3.8) is 0 Å². The summed E-state index contributed by atoms with van der Waals surface area (Å²) in [4.78, 5) is 47.6. The van der Waals surface area contributed by atoms with Crippen LogP contribution in [0.3, 0.4) is 0 Å². The summed E-state index contributed by atoms with van der Waals surface area (Å²) in [7, 11) is 0. The molecule has 0 aromatic rings. The van der Waals surface area contributed by atoms with Crippen LogP contribution in [0.15, 0.2) is 12.2 Å². The second-order valence-corrected chi connectivity index (χ2v) is 7.12. The Morgan fingerprint density at radius 1 is 1.30 bits per heavy atom. The molecule has 3 amide bonds. The first-order valence-corrected chi connectivity index (χ1v) is 9.43. The highest BCUT2D eigenvalue weighted by Crippen LogP contribution is 2.17. The molecule has 2 unspecified atom stereocenters. The lowest BCUT2D eigenvalue weighted by Gasteiger charge is -2.23. The van der Waals surface area contributed by atoms with E-state index in [1.807, 2.05) is 13.8 Å². The Morgan fingerprint density at radius 2 is 2.00 bits per heavy atom. The maximum absolute atomic E-state index is 12.7. The first kappa shape index (κ1) is 22.7. The molecule has 1 rings (SSSR count). The molecule has 0 saturated carbocycles. The van der Waals surface area contributed by atoms with Crippen molar-refractivity contribution in [2.24, 2.45) is 11.8 Å². The minimum Gasteiger partial charge on any atom is -0.463 e. The molecule has 8 nitrogen and oxygen atoms in total. The van der Waals surface area contributed by atoms with E-state index in [2.05, 4.69) is 16.0 Å². The van der Waals surface area contributed by atoms with Gasteiger partial charge in [0, 0.05) is 31.5 Å². The van der Waals surface area contributed by atoms with E-state index in [4.69, 9.17) is 4.74 Å². The van der Waals surface area contributed by atoms with E-state index in [1.54, 1.807) is 13.0 Å². The second-order valence-electron chi connectivity index (χ2n) is 7.12. The van der Waals surface area contributed by atoms with Crippen molar-refractivity contribution in [2.75, 3.05) is 13.2 Å². The van der Waals surface area contributed by atoms with Gasteiger partial charge >= 0.3 is 5.97 Å². The molecular weight excluding hydrogens is 350 g/mol. The van der Waals surface area contributed by atoms with Crippen molar-refractivity contribution in [3.8, 4) is 0 Å². The quantitative estimate of drug-likeness (QED) is 0.380. The van der Waals surface area contributed by atoms with Crippen molar-refractivity contribution in [1.82, 2.24) is 16.0 Å². The molecule has 0 bridgehead atoms. The molecule has 1 heterocycles. The number of nitrogens with one attached hydrogen (secondary N) is 3. The van der Waals surface area contributed by atoms with Crippen LogP contribution in [-0.4, -0.2) is 48.9 Å². The maximum atomic E-state index is 12.7. The standard InChI is InChI=1S/C19H31N3O5/c1-5-27-17(24)7-6-15(11-14-8-9-20-18(14)25)22-19(26)16(10-12(2)3)21-13(4)23/h6-7,12,14-16H,5,8-11H2,1-4H3,(H,20,25)(H,21,23)(H,22,26)/b7-6+/t14?,15-,16?/m1/s1. The largest absolute Gasteiger partial charge is 0.463 e. The molecule has 27 heavy (non-hydrogen) atoms. The average Bonchev–Trinajstić information content (AvgIpc) is 2.96. The number of hydrogen-bond acceptors (Lipinski definition) is 5. The summed E-state index contributed by atoms with van der Waals surface area (Å²) in [6, 6.07) is -1.18. The predicted octanol–water partition coefficient (Wildman–Crippen LogP) is 0.668. The molecule has 152 valence electrons. The summed E-state index contributed by atoms with van der Waals surface area (Å²) in [6.07, 6.45) is 4.35. The molecule has 0 aromatic carbocycles. The summed E-state index contributed by atoms with van der Waals surface area (Å²) in [5.74, 6) is -1.21. The van der Waals surface area contributed by atoms with Crippen molar-refractivity contribution >= 4 is 23.7 Å². The summed E-state index contributed by atoms with van der Waals surface area (Å²) in [5.41, 5.74) is 0. The number of carbonyl (C=O) groups excluding carboxylic acids is 4. The third kappa shape index (κ3) is 8.70. The van der Waals surface area contributed by atoms with Crippen LogP contribution in [-0.2, 0) is 23.9 Å². The lowest BCUT2D eigenvalue weighted by molar-refractivity contribution is -0.137. The Hall–Kier alpha value is -2.38. The molecule has 0 radical (unpaired) electrons. The van der Waals surface area contributed by atoms with Crippen molar-refractivity contribution < 1.29 is 23.9 Å². The highest BCUT2D eigenvalue weighted by Gasteiger charge is 2.29. The lowest BCUT2D eigenvalue weighted by Crippen LogP contribution is -2.49. The third-order valence-corrected chi connectivity index (χ3v) is 4.18. The SMILES string of the molecule is CCOC(=O)/C=C/[C@H](CC1CCNC1=O)NC(=O)C(CC(C)C)NC(C)=O. The zero-order valence-corrected chi connectivity index (χ0v) is 16.5. The molecular formula is C19H31N3O5. The minimum absolute atomic E-state index is 0.0561. The highest BCUT2D eigenvalue weighted by molar-refractivity contribution is 5.87. The van der Waals surface area contributed by atoms with Crippen LogP contribution >= 0.6 is 0 Å². The van der Waals surface area contributed by atoms with E-state index in [-0.39, 0.29) is 36.2 Å². The van der Waals surface area contributed by atoms with Gasteiger partial charge in [0.15, 0.2) is 0 Å². The number of amides is 3. The molecule has 3 N–H and O–H groups in total. The Kier molecular flexibility index (Phi) is 9.53. The Labute approximate surface area is 160 Å². The van der Waals surface area contributed by atoms with Gasteiger partial charge in [0.1, 0.15) is 6.04 Å². The van der Waals surface area contributed by atoms with Crippen LogP contribution in [0.4, 0.5) is 0 Å². The van der Waals surface area contributed by atoms with Crippen molar-refractivity contribution in [3.05, 3.63) is 12.2 Å². The van der Waals surface area contributed by atoms with Crippen LogP contribution in [0.25, 0.3) is 0 Å². The number of esters is 1. The second kappa shape index (κ2) is 11.4. The fourth-order valence-corrected chi connectivity index (χ4v) is 2.98. The van der Waals surface area contributed by atoms with Crippen LogP contribution in [0.5, 0.6) is 0 Å². The van der Waals surface area contributed by atoms with Gasteiger partial charge < -0.3 is 20.7 Å². The molecule has 8 heteroatoms. The van der Waals surface area contributed by atoms with E-state index in [0.717, 1.165) is 0 Å². The first-order valence-electron chi connectivity index (χ1n) is 9.43. The Bertz CT molecular complexity index is 574. The van der Waals surface area contributed by atoms with Gasteiger partial charge in [-0.3, -0.25) is 14.4 Å². The molecule has 1 saturated heterocycles.